The van der Waals surface area contributed by atoms with Gasteiger partial charge in [-0.2, -0.15) is 0 Å². The molecule has 108 valence electrons. The first-order valence-corrected chi connectivity index (χ1v) is 7.00. The van der Waals surface area contributed by atoms with Gasteiger partial charge in [0.25, 0.3) is 0 Å². The van der Waals surface area contributed by atoms with Crippen LogP contribution in [0.1, 0.15) is 58.1 Å². The molecule has 19 heavy (non-hydrogen) atoms. The Kier molecular flexibility index (Phi) is 5.69. The normalized spacial score (nSPS) is 17.9. The summed E-state index contributed by atoms with van der Waals surface area (Å²) in [4.78, 5) is 0. The van der Waals surface area contributed by atoms with Gasteiger partial charge in [-0.15, -0.1) is 12.4 Å². The third kappa shape index (κ3) is 4.70. The lowest BCUT2D eigenvalue weighted by Gasteiger charge is -2.23. The van der Waals surface area contributed by atoms with Gasteiger partial charge in [-0.05, 0) is 57.2 Å². The van der Waals surface area contributed by atoms with E-state index in [0.717, 1.165) is 5.75 Å². The van der Waals surface area contributed by atoms with Crippen LogP contribution in [0.2, 0.25) is 0 Å². The number of halogens is 1. The molecule has 0 saturated heterocycles. The number of ether oxygens (including phenoxy) is 1. The first kappa shape index (κ1) is 16.3. The van der Waals surface area contributed by atoms with Crippen LogP contribution in [0.3, 0.4) is 0 Å². The smallest absolute Gasteiger partial charge is 0.120 e. The minimum absolute atomic E-state index is 0. The van der Waals surface area contributed by atoms with Crippen LogP contribution in [0.5, 0.6) is 5.75 Å². The van der Waals surface area contributed by atoms with Crippen LogP contribution in [0.4, 0.5) is 0 Å². The van der Waals surface area contributed by atoms with E-state index in [2.05, 4.69) is 32.9 Å². The first-order valence-electron chi connectivity index (χ1n) is 7.00. The Bertz CT molecular complexity index is 377. The monoisotopic (exact) mass is 283 g/mol. The second-order valence-corrected chi connectivity index (χ2v) is 6.35. The molecule has 0 radical (unpaired) electrons. The Labute approximate surface area is 123 Å². The highest BCUT2D eigenvalue weighted by atomic mass is 35.5. The third-order valence-corrected chi connectivity index (χ3v) is 3.60. The van der Waals surface area contributed by atoms with Crippen LogP contribution >= 0.6 is 12.4 Å². The van der Waals surface area contributed by atoms with E-state index in [1.165, 1.54) is 31.2 Å². The van der Waals surface area contributed by atoms with Crippen LogP contribution in [0.25, 0.3) is 0 Å². The maximum atomic E-state index is 6.34. The van der Waals surface area contributed by atoms with Gasteiger partial charge < -0.3 is 10.5 Å². The summed E-state index contributed by atoms with van der Waals surface area (Å²) in [7, 11) is 0. The minimum Gasteiger partial charge on any atom is -0.488 e. The highest BCUT2D eigenvalue weighted by Crippen LogP contribution is 2.34. The zero-order chi connectivity index (χ0) is 13.2. The summed E-state index contributed by atoms with van der Waals surface area (Å²) in [6.07, 6.45) is 5.23. The Morgan fingerprint density at radius 1 is 1.11 bits per heavy atom. The Morgan fingerprint density at radius 3 is 2.11 bits per heavy atom. The lowest BCUT2D eigenvalue weighted by Crippen LogP contribution is -2.23. The van der Waals surface area contributed by atoms with Crippen molar-refractivity contribution >= 4 is 12.4 Å². The van der Waals surface area contributed by atoms with Gasteiger partial charge in [-0.25, -0.2) is 0 Å². The number of hydrogen-bond acceptors (Lipinski definition) is 2. The molecule has 1 aromatic carbocycles. The second kappa shape index (κ2) is 6.62. The highest BCUT2D eigenvalue weighted by molar-refractivity contribution is 5.85. The molecule has 2 rings (SSSR count). The quantitative estimate of drug-likeness (QED) is 0.888. The zero-order valence-corrected chi connectivity index (χ0v) is 13.0. The molecular formula is C16H26ClNO. The standard InChI is InChI=1S/C16H25NO.ClH/c1-16(2,3)18-14-10-8-13(9-11-14)15(17)12-6-4-5-7-12;/h8-12,15H,4-7,17H2,1-3H3;1H/t15-;/m0./s1. The molecule has 2 N–H and O–H groups in total. The SMILES string of the molecule is CC(C)(C)Oc1ccc([C@@H](N)C2CCCC2)cc1.Cl. The van der Waals surface area contributed by atoms with Crippen LogP contribution in [-0.2, 0) is 0 Å². The molecule has 0 aromatic heterocycles. The summed E-state index contributed by atoms with van der Waals surface area (Å²) in [6, 6.07) is 8.50. The van der Waals surface area contributed by atoms with E-state index in [9.17, 15) is 0 Å². The van der Waals surface area contributed by atoms with Crippen molar-refractivity contribution < 1.29 is 4.74 Å². The summed E-state index contributed by atoms with van der Waals surface area (Å²) in [6.45, 7) is 6.18. The van der Waals surface area contributed by atoms with Crippen molar-refractivity contribution in [3.8, 4) is 5.75 Å². The molecule has 0 spiro atoms. The molecule has 3 heteroatoms. The summed E-state index contributed by atoms with van der Waals surface area (Å²) < 4.78 is 5.82. The summed E-state index contributed by atoms with van der Waals surface area (Å²) >= 11 is 0. The number of rotatable bonds is 3. The van der Waals surface area contributed by atoms with Crippen LogP contribution in [0, 0.1) is 5.92 Å². The zero-order valence-electron chi connectivity index (χ0n) is 12.2. The predicted octanol–water partition coefficient (Wildman–Crippen LogP) is 4.48. The molecule has 1 saturated carbocycles. The van der Waals surface area contributed by atoms with Crippen molar-refractivity contribution in [1.82, 2.24) is 0 Å². The molecule has 0 bridgehead atoms. The van der Waals surface area contributed by atoms with Crippen LogP contribution in [0.15, 0.2) is 24.3 Å². The summed E-state index contributed by atoms with van der Waals surface area (Å²) in [5.41, 5.74) is 7.43. The van der Waals surface area contributed by atoms with E-state index < -0.39 is 0 Å². The van der Waals surface area contributed by atoms with Gasteiger partial charge in [-0.3, -0.25) is 0 Å². The molecule has 1 aliphatic rings. The average Bonchev–Trinajstić information content (AvgIpc) is 2.80. The second-order valence-electron chi connectivity index (χ2n) is 6.35. The van der Waals surface area contributed by atoms with Gasteiger partial charge in [0, 0.05) is 6.04 Å². The van der Waals surface area contributed by atoms with Gasteiger partial charge in [0.2, 0.25) is 0 Å². The van der Waals surface area contributed by atoms with Gasteiger partial charge >= 0.3 is 0 Å². The maximum absolute atomic E-state index is 6.34. The molecule has 1 atom stereocenters. The predicted molar refractivity (Wildman–Crippen MR) is 83.0 cm³/mol. The number of hydrogen-bond donors (Lipinski definition) is 1. The molecule has 1 aliphatic carbocycles. The number of benzene rings is 1. The van der Waals surface area contributed by atoms with Gasteiger partial charge in [-0.1, -0.05) is 25.0 Å². The molecule has 0 amide bonds. The highest BCUT2D eigenvalue weighted by Gasteiger charge is 2.23. The Hall–Kier alpha value is -0.730. The van der Waals surface area contributed by atoms with Gasteiger partial charge in [0.05, 0.1) is 0 Å². The molecule has 0 aliphatic heterocycles. The fourth-order valence-electron chi connectivity index (χ4n) is 2.70. The maximum Gasteiger partial charge on any atom is 0.120 e. The van der Waals surface area contributed by atoms with E-state index >= 15 is 0 Å². The van der Waals surface area contributed by atoms with Crippen LogP contribution in [-0.4, -0.2) is 5.60 Å². The molecule has 0 heterocycles. The fourth-order valence-corrected chi connectivity index (χ4v) is 2.70. The van der Waals surface area contributed by atoms with E-state index in [1.54, 1.807) is 0 Å². The summed E-state index contributed by atoms with van der Waals surface area (Å²) in [5.74, 6) is 1.59. The third-order valence-electron chi connectivity index (χ3n) is 3.60. The lowest BCUT2D eigenvalue weighted by molar-refractivity contribution is 0.131. The average molecular weight is 284 g/mol. The fraction of sp³-hybridized carbons (Fsp3) is 0.625. The Balaban J connectivity index is 0.00000180. The first-order chi connectivity index (χ1) is 8.46. The topological polar surface area (TPSA) is 35.2 Å². The van der Waals surface area contributed by atoms with Crippen molar-refractivity contribution in [2.45, 2.75) is 58.1 Å². The largest absolute Gasteiger partial charge is 0.488 e. The van der Waals surface area contributed by atoms with Crippen molar-refractivity contribution in [3.63, 3.8) is 0 Å². The molecule has 1 fully saturated rings. The van der Waals surface area contributed by atoms with Crippen molar-refractivity contribution in [1.29, 1.82) is 0 Å². The Morgan fingerprint density at radius 2 is 1.63 bits per heavy atom. The van der Waals surface area contributed by atoms with Gasteiger partial charge in [0.15, 0.2) is 0 Å². The van der Waals surface area contributed by atoms with E-state index in [0.29, 0.717) is 5.92 Å². The van der Waals surface area contributed by atoms with Crippen molar-refractivity contribution in [2.75, 3.05) is 0 Å². The van der Waals surface area contributed by atoms with E-state index in [-0.39, 0.29) is 24.0 Å². The van der Waals surface area contributed by atoms with Crippen molar-refractivity contribution in [3.05, 3.63) is 29.8 Å². The minimum atomic E-state index is -0.144. The number of nitrogens with two attached hydrogens (primary N) is 1. The molecular weight excluding hydrogens is 258 g/mol. The molecule has 1 aromatic rings. The summed E-state index contributed by atoms with van der Waals surface area (Å²) in [5, 5.41) is 0. The van der Waals surface area contributed by atoms with Crippen LogP contribution < -0.4 is 10.5 Å². The van der Waals surface area contributed by atoms with Gasteiger partial charge in [0.1, 0.15) is 11.4 Å². The van der Waals surface area contributed by atoms with E-state index in [1.807, 2.05) is 12.1 Å². The lowest BCUT2D eigenvalue weighted by atomic mass is 9.92. The molecule has 2 nitrogen and oxygen atoms in total. The van der Waals surface area contributed by atoms with Crippen molar-refractivity contribution in [2.24, 2.45) is 11.7 Å². The van der Waals surface area contributed by atoms with E-state index in [4.69, 9.17) is 10.5 Å². The molecule has 0 unspecified atom stereocenters.